The molecular weight excluding hydrogens is 604 g/mol. The number of anilines is 1. The van der Waals surface area contributed by atoms with Gasteiger partial charge in [0.2, 0.25) is 0 Å². The van der Waals surface area contributed by atoms with Gasteiger partial charge in [0.1, 0.15) is 18.0 Å². The third kappa shape index (κ3) is 9.50. The molecule has 0 aliphatic rings. The first-order chi connectivity index (χ1) is 17.9. The van der Waals surface area contributed by atoms with Crippen molar-refractivity contribution in [1.82, 2.24) is 5.32 Å². The molecule has 0 saturated carbocycles. The highest BCUT2D eigenvalue weighted by atomic mass is 79.9. The number of ether oxygens (including phenoxy) is 1. The molecule has 0 aliphatic carbocycles. The van der Waals surface area contributed by atoms with E-state index in [-0.39, 0.29) is 46.9 Å². The summed E-state index contributed by atoms with van der Waals surface area (Å²) in [6, 6.07) is 9.06. The Kier molecular flexibility index (Phi) is 11.0. The first-order valence-corrected chi connectivity index (χ1v) is 15.8. The van der Waals surface area contributed by atoms with Crippen molar-refractivity contribution >= 4 is 41.9 Å². The van der Waals surface area contributed by atoms with E-state index in [1.165, 1.54) is 6.07 Å². The molecule has 0 spiro atoms. The van der Waals surface area contributed by atoms with Gasteiger partial charge in [-0.3, -0.25) is 4.79 Å². The fourth-order valence-electron chi connectivity index (χ4n) is 3.29. The van der Waals surface area contributed by atoms with E-state index in [1.807, 2.05) is 13.1 Å². The van der Waals surface area contributed by atoms with Crippen LogP contribution < -0.4 is 15.4 Å². The number of carbonyl (C=O) groups excluding carboxylic acids is 1. The fraction of sp³-hybridized carbons (Fsp3) is 0.462. The van der Waals surface area contributed by atoms with Crippen LogP contribution in [-0.2, 0) is 22.2 Å². The number of alkyl halides is 3. The molecule has 0 heterocycles. The molecule has 0 aliphatic heterocycles. The molecule has 1 atom stereocenters. The van der Waals surface area contributed by atoms with Crippen LogP contribution in [0.15, 0.2) is 40.9 Å². The summed E-state index contributed by atoms with van der Waals surface area (Å²) in [6.07, 6.45) is -6.67. The molecule has 0 bridgehead atoms. The van der Waals surface area contributed by atoms with Gasteiger partial charge in [-0.25, -0.2) is 9.18 Å². The highest BCUT2D eigenvalue weighted by molar-refractivity contribution is 9.10. The van der Waals surface area contributed by atoms with Crippen LogP contribution in [0.4, 0.5) is 28.0 Å². The summed E-state index contributed by atoms with van der Waals surface area (Å²) in [5.41, 5.74) is -0.262. The zero-order valence-corrected chi connectivity index (χ0v) is 24.9. The quantitative estimate of drug-likeness (QED) is 0.178. The van der Waals surface area contributed by atoms with E-state index in [9.17, 15) is 27.9 Å². The van der Waals surface area contributed by atoms with Crippen molar-refractivity contribution < 1.29 is 41.4 Å². The minimum atomic E-state index is -5.27. The number of benzene rings is 2. The highest BCUT2D eigenvalue weighted by Gasteiger charge is 2.40. The van der Waals surface area contributed by atoms with Crippen molar-refractivity contribution in [3.63, 3.8) is 0 Å². The molecule has 0 aromatic heterocycles. The number of nitrogens with one attached hydrogen (secondary N) is 2. The Labute approximate surface area is 234 Å². The van der Waals surface area contributed by atoms with E-state index in [2.05, 4.69) is 42.0 Å². The molecule has 39 heavy (non-hydrogen) atoms. The monoisotopic (exact) mass is 636 g/mol. The van der Waals surface area contributed by atoms with Crippen LogP contribution in [0.5, 0.6) is 5.75 Å². The van der Waals surface area contributed by atoms with Crippen LogP contribution >= 0.6 is 15.9 Å². The van der Waals surface area contributed by atoms with Crippen molar-refractivity contribution in [2.45, 2.75) is 70.6 Å². The van der Waals surface area contributed by atoms with Gasteiger partial charge in [-0.2, -0.15) is 13.2 Å². The highest BCUT2D eigenvalue weighted by Crippen LogP contribution is 2.39. The minimum absolute atomic E-state index is 0.0843. The lowest BCUT2D eigenvalue weighted by Gasteiger charge is -2.36. The molecule has 0 saturated heterocycles. The third-order valence-electron chi connectivity index (χ3n) is 6.52. The number of hydrogen-bond donors (Lipinski definition) is 3. The largest absolute Gasteiger partial charge is 0.487 e. The van der Waals surface area contributed by atoms with Crippen LogP contribution in [0, 0.1) is 5.82 Å². The maximum absolute atomic E-state index is 15.7. The third-order valence-corrected chi connectivity index (χ3v) is 11.8. The molecule has 7 nitrogen and oxygen atoms in total. The number of hydrogen-bond acceptors (Lipinski definition) is 4. The summed E-state index contributed by atoms with van der Waals surface area (Å²) in [5.74, 6) is -3.87. The second kappa shape index (κ2) is 13.1. The van der Waals surface area contributed by atoms with Crippen LogP contribution in [0.3, 0.4) is 0 Å². The maximum Gasteiger partial charge on any atom is 0.471 e. The molecule has 3 N–H and O–H groups in total. The van der Waals surface area contributed by atoms with Gasteiger partial charge < -0.3 is 24.9 Å². The first-order valence-electron chi connectivity index (χ1n) is 12.1. The van der Waals surface area contributed by atoms with Crippen molar-refractivity contribution in [2.75, 3.05) is 11.9 Å². The minimum Gasteiger partial charge on any atom is -0.487 e. The lowest BCUT2D eigenvalue weighted by molar-refractivity contribution is -0.167. The van der Waals surface area contributed by atoms with Crippen molar-refractivity contribution in [1.29, 1.82) is 0 Å². The van der Waals surface area contributed by atoms with Gasteiger partial charge in [0, 0.05) is 22.7 Å². The molecule has 1 unspecified atom stereocenters. The van der Waals surface area contributed by atoms with Gasteiger partial charge in [-0.15, -0.1) is 0 Å². The van der Waals surface area contributed by atoms with Crippen molar-refractivity contribution in [3.8, 4) is 5.75 Å². The molecule has 0 fully saturated rings. The summed E-state index contributed by atoms with van der Waals surface area (Å²) >= 11 is 3.23. The number of carboxylic acid groups (broad SMARTS) is 1. The normalized spacial score (nSPS) is 13.1. The molecule has 2 rings (SSSR count). The zero-order chi connectivity index (χ0) is 29.6. The zero-order valence-electron chi connectivity index (χ0n) is 22.3. The predicted octanol–water partition coefficient (Wildman–Crippen LogP) is 7.26. The van der Waals surface area contributed by atoms with E-state index >= 15 is 4.39 Å². The predicted molar refractivity (Wildman–Crippen MR) is 146 cm³/mol. The second-order valence-corrected chi connectivity index (χ2v) is 16.2. The Morgan fingerprint density at radius 3 is 2.28 bits per heavy atom. The second-order valence-electron chi connectivity index (χ2n) is 10.5. The van der Waals surface area contributed by atoms with Gasteiger partial charge in [-0.1, -0.05) is 67.0 Å². The molecule has 216 valence electrons. The lowest BCUT2D eigenvalue weighted by Crippen LogP contribution is -2.43. The van der Waals surface area contributed by atoms with E-state index in [4.69, 9.17) is 9.16 Å². The van der Waals surface area contributed by atoms with Gasteiger partial charge in [0.05, 0.1) is 0 Å². The van der Waals surface area contributed by atoms with Gasteiger partial charge in [0.25, 0.3) is 0 Å². The maximum atomic E-state index is 15.7. The summed E-state index contributed by atoms with van der Waals surface area (Å²) in [6.45, 7) is 10.3. The van der Waals surface area contributed by atoms with E-state index in [0.29, 0.717) is 5.56 Å². The number of rotatable bonds is 11. The Hall–Kier alpha value is -2.64. The molecular formula is C26H33BrF4N2O5Si. The Balaban J connectivity index is 2.38. The average molecular weight is 638 g/mol. The summed E-state index contributed by atoms with van der Waals surface area (Å²) in [4.78, 5) is 23.2. The summed E-state index contributed by atoms with van der Waals surface area (Å²) < 4.78 is 66.7. The number of halogens is 5. The average Bonchev–Trinajstić information content (AvgIpc) is 2.81. The Morgan fingerprint density at radius 1 is 1.13 bits per heavy atom. The van der Waals surface area contributed by atoms with Crippen molar-refractivity contribution in [3.05, 3.63) is 57.8 Å². The first kappa shape index (κ1) is 32.6. The van der Waals surface area contributed by atoms with E-state index in [0.717, 1.165) is 0 Å². The van der Waals surface area contributed by atoms with E-state index in [1.54, 1.807) is 35.6 Å². The summed E-state index contributed by atoms with van der Waals surface area (Å²) in [7, 11) is -2.14. The molecule has 2 aromatic rings. The van der Waals surface area contributed by atoms with Crippen LogP contribution in [0.2, 0.25) is 18.1 Å². The molecule has 2 amide bonds. The van der Waals surface area contributed by atoms with Crippen LogP contribution in [0.25, 0.3) is 0 Å². The van der Waals surface area contributed by atoms with Gasteiger partial charge in [0.15, 0.2) is 14.1 Å². The molecule has 13 heteroatoms. The van der Waals surface area contributed by atoms with Gasteiger partial charge in [-0.05, 0) is 42.6 Å². The smallest absolute Gasteiger partial charge is 0.471 e. The molecule has 0 radical (unpaired) electrons. The Bertz CT molecular complexity index is 1160. The van der Waals surface area contributed by atoms with Crippen LogP contribution in [-0.4, -0.2) is 44.2 Å². The standard InChI is InChI=1S/C26H33BrF4N2O5Si/c1-25(2,3)39(4,5)38-12-11-17(32-24(35)36)13-18-19(27)14-20(37-15-16-9-7-6-8-10-16)22(21(18)28)33-23(34)26(29,30)31/h6-10,14,17,32H,11-13,15H2,1-5H3,(H,33,34)(H,35,36). The van der Waals surface area contributed by atoms with E-state index < -0.39 is 44.0 Å². The van der Waals surface area contributed by atoms with Gasteiger partial charge >= 0.3 is 18.2 Å². The molecule has 2 aromatic carbocycles. The SMILES string of the molecule is CC(C)(C)[Si](C)(C)OCCC(Cc1c(Br)cc(OCc2ccccc2)c(NC(=O)C(F)(F)F)c1F)NC(=O)O. The Morgan fingerprint density at radius 2 is 1.74 bits per heavy atom. The summed E-state index contributed by atoms with van der Waals surface area (Å²) in [5, 5.41) is 13.1. The topological polar surface area (TPSA) is 96.9 Å². The number of amides is 2. The van der Waals surface area contributed by atoms with Crippen molar-refractivity contribution in [2.24, 2.45) is 0 Å². The lowest BCUT2D eigenvalue weighted by atomic mass is 10.0. The fourth-order valence-corrected chi connectivity index (χ4v) is 4.90. The van der Waals surface area contributed by atoms with Crippen LogP contribution in [0.1, 0.15) is 38.3 Å². The number of carbonyl (C=O) groups is 2.